The molecule has 31 heavy (non-hydrogen) atoms. The normalized spacial score (nSPS) is 10.6. The van der Waals surface area contributed by atoms with Gasteiger partial charge in [-0.3, -0.25) is 0 Å². The van der Waals surface area contributed by atoms with E-state index in [4.69, 9.17) is 4.74 Å². The van der Waals surface area contributed by atoms with Crippen LogP contribution < -0.4 is 14.9 Å². The maximum Gasteiger partial charge on any atom is 0.127 e. The van der Waals surface area contributed by atoms with Gasteiger partial charge in [0.2, 0.25) is 0 Å². The Bertz CT molecular complexity index is 1030. The van der Waals surface area contributed by atoms with Gasteiger partial charge in [-0.05, 0) is 86.6 Å². The molecule has 0 aliphatic carbocycles. The van der Waals surface area contributed by atoms with Crippen LogP contribution >= 0.6 is 0 Å². The first-order valence-corrected chi connectivity index (χ1v) is 9.95. The summed E-state index contributed by atoms with van der Waals surface area (Å²) in [5, 5.41) is 26.8. The molecule has 0 aliphatic rings. The lowest BCUT2D eigenvalue weighted by molar-refractivity contribution is 0.483. The first-order valence-electron chi connectivity index (χ1n) is 9.95. The average molecular weight is 410 g/mol. The number of rotatable bonds is 6. The zero-order chi connectivity index (χ0) is 21.8. The molecule has 0 N–H and O–H groups in total. The molecule has 0 heterocycles. The molecule has 156 valence electrons. The lowest BCUT2D eigenvalue weighted by atomic mass is 10.2. The van der Waals surface area contributed by atoms with Gasteiger partial charge in [0, 0.05) is 22.7 Å². The van der Waals surface area contributed by atoms with Gasteiger partial charge < -0.3 is 25.3 Å². The number of ether oxygens (including phenoxy) is 1. The minimum absolute atomic E-state index is 0.520. The van der Waals surface area contributed by atoms with E-state index < -0.39 is 0 Å². The molecule has 0 fully saturated rings. The van der Waals surface area contributed by atoms with Gasteiger partial charge in [0.15, 0.2) is 0 Å². The highest BCUT2D eigenvalue weighted by atomic mass is 16.5. The fourth-order valence-corrected chi connectivity index (χ4v) is 3.09. The highest BCUT2D eigenvalue weighted by Gasteiger charge is 2.03. The highest BCUT2D eigenvalue weighted by molar-refractivity contribution is 5.66. The number of aryl methyl sites for hydroxylation is 2. The Morgan fingerprint density at radius 1 is 0.452 bits per heavy atom. The molecule has 0 aliphatic heterocycles. The van der Waals surface area contributed by atoms with Crippen molar-refractivity contribution in [1.29, 1.82) is 0 Å². The van der Waals surface area contributed by atoms with E-state index in [2.05, 4.69) is 0 Å². The van der Waals surface area contributed by atoms with Gasteiger partial charge >= 0.3 is 0 Å². The van der Waals surface area contributed by atoms with Crippen LogP contribution in [-0.2, 0) is 0 Å². The molecular formula is C26H22N2O3-2. The zero-order valence-electron chi connectivity index (χ0n) is 17.4. The van der Waals surface area contributed by atoms with Crippen LogP contribution in [0.1, 0.15) is 11.1 Å². The van der Waals surface area contributed by atoms with Crippen molar-refractivity contribution in [3.05, 3.63) is 119 Å². The molecule has 0 saturated carbocycles. The predicted molar refractivity (Wildman–Crippen MR) is 126 cm³/mol. The molecule has 5 nitrogen and oxygen atoms in total. The Morgan fingerprint density at radius 3 is 1.00 bits per heavy atom. The summed E-state index contributed by atoms with van der Waals surface area (Å²) in [4.78, 5) is 0. The highest BCUT2D eigenvalue weighted by Crippen LogP contribution is 2.30. The van der Waals surface area contributed by atoms with Crippen LogP contribution in [0.15, 0.2) is 97.1 Å². The lowest BCUT2D eigenvalue weighted by Crippen LogP contribution is -2.06. The van der Waals surface area contributed by atoms with Crippen molar-refractivity contribution in [3.8, 4) is 11.5 Å². The summed E-state index contributed by atoms with van der Waals surface area (Å²) in [5.74, 6) is 1.21. The van der Waals surface area contributed by atoms with Crippen molar-refractivity contribution < 1.29 is 4.74 Å². The van der Waals surface area contributed by atoms with Crippen LogP contribution in [-0.4, -0.2) is 0 Å². The van der Waals surface area contributed by atoms with Gasteiger partial charge in [-0.25, -0.2) is 0 Å². The second kappa shape index (κ2) is 8.92. The third kappa shape index (κ3) is 4.86. The Balaban J connectivity index is 1.42. The summed E-state index contributed by atoms with van der Waals surface area (Å²) < 4.78 is 5.85. The van der Waals surface area contributed by atoms with E-state index >= 15 is 0 Å². The van der Waals surface area contributed by atoms with E-state index in [1.807, 2.05) is 38.1 Å². The fourth-order valence-electron chi connectivity index (χ4n) is 3.09. The van der Waals surface area contributed by atoms with E-state index in [1.54, 1.807) is 72.8 Å². The van der Waals surface area contributed by atoms with Gasteiger partial charge in [0.1, 0.15) is 11.5 Å². The second-order valence-electron chi connectivity index (χ2n) is 7.35. The summed E-state index contributed by atoms with van der Waals surface area (Å²) in [6.45, 7) is 3.96. The summed E-state index contributed by atoms with van der Waals surface area (Å²) in [7, 11) is 0. The van der Waals surface area contributed by atoms with Crippen LogP contribution in [0.5, 0.6) is 11.5 Å². The van der Waals surface area contributed by atoms with E-state index in [0.29, 0.717) is 34.2 Å². The molecule has 0 amide bonds. The van der Waals surface area contributed by atoms with Gasteiger partial charge in [-0.1, -0.05) is 35.4 Å². The minimum Gasteiger partial charge on any atom is -0.754 e. The van der Waals surface area contributed by atoms with Gasteiger partial charge in [0.25, 0.3) is 0 Å². The molecule has 4 rings (SSSR count). The topological polar surface area (TPSA) is 61.8 Å². The fraction of sp³-hybridized carbons (Fsp3) is 0.0769. The molecule has 0 spiro atoms. The Labute approximate surface area is 181 Å². The molecular weight excluding hydrogens is 388 g/mol. The summed E-state index contributed by atoms with van der Waals surface area (Å²) >= 11 is 0. The van der Waals surface area contributed by atoms with Crippen molar-refractivity contribution >= 4 is 22.7 Å². The van der Waals surface area contributed by atoms with Crippen molar-refractivity contribution in [1.82, 2.24) is 0 Å². The summed E-state index contributed by atoms with van der Waals surface area (Å²) in [5.41, 5.74) is 4.39. The smallest absolute Gasteiger partial charge is 0.127 e. The Kier molecular flexibility index (Phi) is 5.89. The summed E-state index contributed by atoms with van der Waals surface area (Å²) in [6.07, 6.45) is 0. The van der Waals surface area contributed by atoms with E-state index in [-0.39, 0.29) is 0 Å². The molecule has 0 atom stereocenters. The molecule has 4 aromatic rings. The molecule has 5 heteroatoms. The average Bonchev–Trinajstić information content (AvgIpc) is 2.80. The van der Waals surface area contributed by atoms with Crippen molar-refractivity contribution in [2.75, 3.05) is 10.1 Å². The van der Waals surface area contributed by atoms with Crippen LogP contribution in [0.3, 0.4) is 0 Å². The standard InChI is InChI=1S/C26H22N2O3/c1-19-3-7-21(8-4-19)27(29)23-11-15-25(16-12-23)31-26-17-13-24(14-18-26)28(30)22-9-5-20(2)6-10-22/h3-18H,1-2H3/q-2. The second-order valence-corrected chi connectivity index (χ2v) is 7.35. The molecule has 0 saturated heterocycles. The largest absolute Gasteiger partial charge is 0.754 e. The maximum atomic E-state index is 12.5. The van der Waals surface area contributed by atoms with Crippen LogP contribution in [0.2, 0.25) is 0 Å². The SMILES string of the molecule is Cc1ccc(N([O-])c2ccc(Oc3ccc(N([O-])c4ccc(C)cc4)cc3)cc2)cc1. The lowest BCUT2D eigenvalue weighted by Gasteiger charge is -2.31. The maximum absolute atomic E-state index is 12.5. The monoisotopic (exact) mass is 410 g/mol. The zero-order valence-corrected chi connectivity index (χ0v) is 17.4. The van der Waals surface area contributed by atoms with E-state index in [0.717, 1.165) is 21.3 Å². The van der Waals surface area contributed by atoms with Gasteiger partial charge in [0.05, 0.1) is 0 Å². The van der Waals surface area contributed by atoms with Gasteiger partial charge in [-0.2, -0.15) is 0 Å². The van der Waals surface area contributed by atoms with E-state index in [1.165, 1.54) is 0 Å². The van der Waals surface area contributed by atoms with Crippen molar-refractivity contribution in [2.45, 2.75) is 13.8 Å². The van der Waals surface area contributed by atoms with E-state index in [9.17, 15) is 10.4 Å². The third-order valence-electron chi connectivity index (χ3n) is 4.92. The molecule has 0 unspecified atom stereocenters. The third-order valence-corrected chi connectivity index (χ3v) is 4.92. The number of nitrogens with zero attached hydrogens (tertiary/aromatic N) is 2. The molecule has 0 aromatic heterocycles. The molecule has 4 aromatic carbocycles. The van der Waals surface area contributed by atoms with Crippen molar-refractivity contribution in [3.63, 3.8) is 0 Å². The number of hydrogen-bond acceptors (Lipinski definition) is 5. The quantitative estimate of drug-likeness (QED) is 0.311. The van der Waals surface area contributed by atoms with Gasteiger partial charge in [-0.15, -0.1) is 0 Å². The number of anilines is 4. The van der Waals surface area contributed by atoms with Crippen LogP contribution in [0.4, 0.5) is 22.7 Å². The number of benzene rings is 4. The summed E-state index contributed by atoms with van der Waals surface area (Å²) in [6, 6.07) is 28.6. The molecule has 0 radical (unpaired) electrons. The van der Waals surface area contributed by atoms with Crippen LogP contribution in [0, 0.1) is 24.3 Å². The molecule has 0 bridgehead atoms. The number of hydrogen-bond donors (Lipinski definition) is 0. The Hall–Kier alpha value is -3.80. The minimum atomic E-state index is 0.520. The van der Waals surface area contributed by atoms with Crippen molar-refractivity contribution in [2.24, 2.45) is 0 Å². The first kappa shape index (κ1) is 20.5. The Morgan fingerprint density at radius 2 is 0.710 bits per heavy atom. The van der Waals surface area contributed by atoms with Crippen LogP contribution in [0.25, 0.3) is 0 Å². The first-order chi connectivity index (χ1) is 15.0. The predicted octanol–water partition coefficient (Wildman–Crippen LogP) is 7.37.